The molecule has 0 atom stereocenters. The fourth-order valence-corrected chi connectivity index (χ4v) is 1.66. The van der Waals surface area contributed by atoms with Crippen LogP contribution in [0, 0.1) is 12.0 Å². The van der Waals surface area contributed by atoms with Gasteiger partial charge in [-0.2, -0.15) is 4.98 Å². The third-order valence-electron chi connectivity index (χ3n) is 2.70. The van der Waals surface area contributed by atoms with Crippen LogP contribution >= 0.6 is 0 Å². The normalized spacial score (nSPS) is 10.4. The molecule has 0 saturated heterocycles. The third-order valence-corrected chi connectivity index (χ3v) is 2.70. The summed E-state index contributed by atoms with van der Waals surface area (Å²) in [5.41, 5.74) is 6.44. The van der Waals surface area contributed by atoms with Gasteiger partial charge in [0.2, 0.25) is 5.95 Å². The Labute approximate surface area is 123 Å². The smallest absolute Gasteiger partial charge is 0.254 e. The van der Waals surface area contributed by atoms with Crippen molar-refractivity contribution in [2.24, 2.45) is 11.7 Å². The highest BCUT2D eigenvalue weighted by Gasteiger charge is 2.12. The molecule has 0 spiro atoms. The van der Waals surface area contributed by atoms with Gasteiger partial charge in [0.05, 0.1) is 5.56 Å². The van der Waals surface area contributed by atoms with Crippen molar-refractivity contribution >= 4 is 23.4 Å². The van der Waals surface area contributed by atoms with Gasteiger partial charge in [-0.1, -0.05) is 26.0 Å². The largest absolute Gasteiger partial charge is 0.369 e. The van der Waals surface area contributed by atoms with Crippen molar-refractivity contribution in [2.45, 2.75) is 13.8 Å². The lowest BCUT2D eigenvalue weighted by atomic mass is 10.2. The van der Waals surface area contributed by atoms with Crippen LogP contribution < -0.4 is 16.4 Å². The molecule has 0 saturated carbocycles. The average Bonchev–Trinajstić information content (AvgIpc) is 2.46. The van der Waals surface area contributed by atoms with Gasteiger partial charge in [-0.05, 0) is 24.1 Å². The Morgan fingerprint density at radius 3 is 2.90 bits per heavy atom. The number of nitrogens with one attached hydrogen (secondary N) is 2. The van der Waals surface area contributed by atoms with Gasteiger partial charge in [-0.15, -0.1) is 0 Å². The van der Waals surface area contributed by atoms with Crippen molar-refractivity contribution in [1.82, 2.24) is 9.97 Å². The number of rotatable bonds is 6. The number of aromatic nitrogens is 2. The standard InChI is InChI=1S/C15H18N5O/c1-10(2)8-17-14-12(13(16)21)9-18-15(20-14)19-11-6-4-3-5-7-11/h3-4,6-7,9-10H,8H2,1-2H3,(H2,16,21)(H2,17,18,19,20). The molecule has 0 fully saturated rings. The van der Waals surface area contributed by atoms with Crippen LogP contribution in [0.25, 0.3) is 0 Å². The molecule has 1 heterocycles. The summed E-state index contributed by atoms with van der Waals surface area (Å²) in [4.78, 5) is 19.8. The van der Waals surface area contributed by atoms with Crippen molar-refractivity contribution < 1.29 is 4.79 Å². The molecule has 0 bridgehead atoms. The number of hydrogen-bond donors (Lipinski definition) is 3. The van der Waals surface area contributed by atoms with Gasteiger partial charge in [0.15, 0.2) is 0 Å². The van der Waals surface area contributed by atoms with Gasteiger partial charge in [-0.25, -0.2) is 4.98 Å². The van der Waals surface area contributed by atoms with Crippen LogP contribution in [0.2, 0.25) is 0 Å². The van der Waals surface area contributed by atoms with Gasteiger partial charge in [0.1, 0.15) is 5.82 Å². The average molecular weight is 284 g/mol. The van der Waals surface area contributed by atoms with E-state index < -0.39 is 5.91 Å². The number of primary amides is 1. The van der Waals surface area contributed by atoms with Crippen LogP contribution in [0.15, 0.2) is 30.5 Å². The summed E-state index contributed by atoms with van der Waals surface area (Å²) in [5, 5.41) is 6.17. The SMILES string of the molecule is CC(C)CNc1nc(Nc2c[c]ccc2)ncc1C(N)=O. The van der Waals surface area contributed by atoms with Crippen LogP contribution in [0.3, 0.4) is 0 Å². The Morgan fingerprint density at radius 1 is 1.48 bits per heavy atom. The van der Waals surface area contributed by atoms with E-state index in [2.05, 4.69) is 40.5 Å². The Morgan fingerprint density at radius 2 is 2.29 bits per heavy atom. The van der Waals surface area contributed by atoms with E-state index in [1.165, 1.54) is 6.20 Å². The predicted molar refractivity (Wildman–Crippen MR) is 82.4 cm³/mol. The van der Waals surface area contributed by atoms with E-state index in [-0.39, 0.29) is 5.56 Å². The number of amides is 1. The highest BCUT2D eigenvalue weighted by atomic mass is 16.1. The summed E-state index contributed by atoms with van der Waals surface area (Å²) in [7, 11) is 0. The molecule has 1 radical (unpaired) electrons. The molecule has 0 aliphatic heterocycles. The maximum atomic E-state index is 11.4. The molecule has 0 aliphatic rings. The van der Waals surface area contributed by atoms with Gasteiger partial charge < -0.3 is 16.4 Å². The summed E-state index contributed by atoms with van der Waals surface area (Å²) in [6.45, 7) is 4.82. The van der Waals surface area contributed by atoms with Crippen molar-refractivity contribution in [3.8, 4) is 0 Å². The zero-order valence-electron chi connectivity index (χ0n) is 12.1. The molecule has 109 valence electrons. The van der Waals surface area contributed by atoms with Crippen LogP contribution in [-0.2, 0) is 0 Å². The number of carbonyl (C=O) groups excluding carboxylic acids is 1. The second-order valence-corrected chi connectivity index (χ2v) is 5.01. The number of nitrogens with two attached hydrogens (primary N) is 1. The van der Waals surface area contributed by atoms with Gasteiger partial charge in [-0.3, -0.25) is 4.79 Å². The van der Waals surface area contributed by atoms with Crippen LogP contribution in [0.4, 0.5) is 17.5 Å². The van der Waals surface area contributed by atoms with Crippen molar-refractivity contribution in [2.75, 3.05) is 17.2 Å². The van der Waals surface area contributed by atoms with Gasteiger partial charge >= 0.3 is 0 Å². The summed E-state index contributed by atoms with van der Waals surface area (Å²) in [5.74, 6) is 0.696. The van der Waals surface area contributed by atoms with Crippen molar-refractivity contribution in [3.05, 3.63) is 42.1 Å². The van der Waals surface area contributed by atoms with E-state index in [1.807, 2.05) is 12.1 Å². The monoisotopic (exact) mass is 284 g/mol. The predicted octanol–water partition coefficient (Wildman–Crippen LogP) is 2.19. The minimum atomic E-state index is -0.555. The quantitative estimate of drug-likeness (QED) is 0.756. The van der Waals surface area contributed by atoms with E-state index in [9.17, 15) is 4.79 Å². The van der Waals surface area contributed by atoms with Crippen LogP contribution in [0.5, 0.6) is 0 Å². The highest BCUT2D eigenvalue weighted by Crippen LogP contribution is 2.17. The molecule has 1 aromatic carbocycles. The first-order chi connectivity index (χ1) is 10.1. The Kier molecular flexibility index (Phi) is 4.71. The first-order valence-corrected chi connectivity index (χ1v) is 6.70. The maximum absolute atomic E-state index is 11.4. The fraction of sp³-hybridized carbons (Fsp3) is 0.267. The number of hydrogen-bond acceptors (Lipinski definition) is 5. The first kappa shape index (κ1) is 14.8. The molecular weight excluding hydrogens is 266 g/mol. The zero-order chi connectivity index (χ0) is 15.2. The number of carbonyl (C=O) groups is 1. The summed E-state index contributed by atoms with van der Waals surface area (Å²) < 4.78 is 0. The molecule has 1 aromatic heterocycles. The Bertz CT molecular complexity index is 613. The van der Waals surface area contributed by atoms with E-state index in [0.717, 1.165) is 5.69 Å². The van der Waals surface area contributed by atoms with Crippen molar-refractivity contribution in [1.29, 1.82) is 0 Å². The summed E-state index contributed by atoms with van der Waals surface area (Å²) in [6, 6.07) is 10.3. The topological polar surface area (TPSA) is 92.9 Å². The number of nitrogens with zero attached hydrogens (tertiary/aromatic N) is 2. The number of benzene rings is 1. The van der Waals surface area contributed by atoms with Crippen LogP contribution in [0.1, 0.15) is 24.2 Å². The van der Waals surface area contributed by atoms with Gasteiger partial charge in [0.25, 0.3) is 5.91 Å². The first-order valence-electron chi connectivity index (χ1n) is 6.70. The highest BCUT2D eigenvalue weighted by molar-refractivity contribution is 5.97. The minimum Gasteiger partial charge on any atom is -0.369 e. The molecule has 2 rings (SSSR count). The van der Waals surface area contributed by atoms with E-state index in [0.29, 0.717) is 24.2 Å². The lowest BCUT2D eigenvalue weighted by Crippen LogP contribution is -2.18. The maximum Gasteiger partial charge on any atom is 0.254 e. The fourth-order valence-electron chi connectivity index (χ4n) is 1.66. The Balaban J connectivity index is 2.23. The van der Waals surface area contributed by atoms with E-state index in [1.54, 1.807) is 12.1 Å². The zero-order valence-corrected chi connectivity index (χ0v) is 12.1. The summed E-state index contributed by atoms with van der Waals surface area (Å²) in [6.07, 6.45) is 1.42. The number of anilines is 3. The lowest BCUT2D eigenvalue weighted by Gasteiger charge is -2.12. The third kappa shape index (κ3) is 4.17. The Hall–Kier alpha value is -2.63. The molecule has 1 amide bonds. The lowest BCUT2D eigenvalue weighted by molar-refractivity contribution is 0.100. The second kappa shape index (κ2) is 6.69. The molecule has 6 nitrogen and oxygen atoms in total. The van der Waals surface area contributed by atoms with Gasteiger partial charge in [0, 0.05) is 18.4 Å². The molecule has 6 heteroatoms. The molecule has 0 aliphatic carbocycles. The second-order valence-electron chi connectivity index (χ2n) is 5.01. The van der Waals surface area contributed by atoms with E-state index in [4.69, 9.17) is 5.73 Å². The minimum absolute atomic E-state index is 0.279. The summed E-state index contributed by atoms with van der Waals surface area (Å²) >= 11 is 0. The van der Waals surface area contributed by atoms with Crippen LogP contribution in [-0.4, -0.2) is 22.4 Å². The van der Waals surface area contributed by atoms with E-state index >= 15 is 0 Å². The molecule has 21 heavy (non-hydrogen) atoms. The molecule has 4 N–H and O–H groups in total. The van der Waals surface area contributed by atoms with Crippen molar-refractivity contribution in [3.63, 3.8) is 0 Å². The molecule has 2 aromatic rings. The molecular formula is C15H18N5O. The molecule has 0 unspecified atom stereocenters.